The van der Waals surface area contributed by atoms with Crippen molar-refractivity contribution in [3.8, 4) is 0 Å². The van der Waals surface area contributed by atoms with Crippen LogP contribution in [0.25, 0.3) is 10.9 Å². The van der Waals surface area contributed by atoms with Crippen molar-refractivity contribution in [1.82, 2.24) is 9.88 Å². The van der Waals surface area contributed by atoms with Crippen molar-refractivity contribution in [3.63, 3.8) is 0 Å². The van der Waals surface area contributed by atoms with Gasteiger partial charge in [0.2, 0.25) is 5.91 Å². The first kappa shape index (κ1) is 23.6. The second kappa shape index (κ2) is 9.24. The first-order chi connectivity index (χ1) is 17.9. The molecule has 2 aromatic carbocycles. The molecular formula is C26H24N4O6S. The number of benzene rings is 2. The molecule has 3 aromatic rings. The van der Waals surface area contributed by atoms with Gasteiger partial charge in [-0.05, 0) is 54.6 Å². The number of pyridine rings is 1. The summed E-state index contributed by atoms with van der Waals surface area (Å²) in [6, 6.07) is 12.7. The summed E-state index contributed by atoms with van der Waals surface area (Å²) in [7, 11) is 0. The van der Waals surface area contributed by atoms with E-state index in [9.17, 15) is 24.3 Å². The monoisotopic (exact) mass is 520 g/mol. The zero-order chi connectivity index (χ0) is 25.7. The van der Waals surface area contributed by atoms with Gasteiger partial charge in [0, 0.05) is 16.6 Å². The maximum Gasteiger partial charge on any atom is 0.414 e. The molecular weight excluding hydrogens is 496 g/mol. The predicted octanol–water partition coefficient (Wildman–Crippen LogP) is 3.12. The average Bonchev–Trinajstić information content (AvgIpc) is 3.42. The number of hydrogen-bond donors (Lipinski definition) is 3. The van der Waals surface area contributed by atoms with Crippen LogP contribution in [-0.2, 0) is 14.3 Å². The highest BCUT2D eigenvalue weighted by Gasteiger charge is 2.39. The summed E-state index contributed by atoms with van der Waals surface area (Å²) >= 11 is 1.46. The zero-order valence-corrected chi connectivity index (χ0v) is 20.5. The average molecular weight is 521 g/mol. The van der Waals surface area contributed by atoms with E-state index in [2.05, 4.69) is 10.6 Å². The van der Waals surface area contributed by atoms with E-state index in [1.807, 2.05) is 30.3 Å². The van der Waals surface area contributed by atoms with Gasteiger partial charge in [-0.2, -0.15) is 0 Å². The summed E-state index contributed by atoms with van der Waals surface area (Å²) in [4.78, 5) is 51.5. The molecule has 0 saturated carbocycles. The summed E-state index contributed by atoms with van der Waals surface area (Å²) in [5.41, 5.74) is 2.46. The molecule has 1 fully saturated rings. The van der Waals surface area contributed by atoms with Crippen LogP contribution in [0.2, 0.25) is 0 Å². The number of carbonyl (C=O) groups is 3. The van der Waals surface area contributed by atoms with E-state index in [-0.39, 0.29) is 17.6 Å². The van der Waals surface area contributed by atoms with Crippen LogP contribution in [0.15, 0.2) is 58.2 Å². The Morgan fingerprint density at radius 3 is 2.86 bits per heavy atom. The van der Waals surface area contributed by atoms with E-state index >= 15 is 0 Å². The molecule has 11 heteroatoms. The highest BCUT2D eigenvalue weighted by atomic mass is 32.2. The van der Waals surface area contributed by atoms with Crippen LogP contribution >= 0.6 is 11.8 Å². The molecule has 4 heterocycles. The van der Waals surface area contributed by atoms with Crippen LogP contribution in [0, 0.1) is 0 Å². The number of ether oxygens (including phenoxy) is 1. The second-order valence-corrected chi connectivity index (χ2v) is 10.3. The van der Waals surface area contributed by atoms with Crippen molar-refractivity contribution in [2.24, 2.45) is 0 Å². The Balaban J connectivity index is 1.09. The summed E-state index contributed by atoms with van der Waals surface area (Å²) in [5, 5.41) is 16.9. The standard InChI is InChI=1S/C26H24N4O6S/c31-20-13-37-19-8-7-15(11-18(19)28-20)29-12-16(36-26(29)35)4-2-10-27-22-17-5-1-3-14-6-9-21(32)30(23(14)17)24(22)25(33)34/h1,3,5-9,11,16,22,24,27H,2,4,10,12-13H2,(H,28,31)(H,33,34)/t16-,22+,24+/m1/s1. The number of carboxylic acids is 1. The van der Waals surface area contributed by atoms with Gasteiger partial charge < -0.3 is 20.5 Å². The SMILES string of the molecule is O=C1CSc2ccc(N3C[C@@H](CCCN[C@H]4c5cccc6ccc(=O)n(c56)[C@@H]4C(=O)O)OC3=O)cc2N1. The van der Waals surface area contributed by atoms with Crippen molar-refractivity contribution < 1.29 is 24.2 Å². The van der Waals surface area contributed by atoms with Gasteiger partial charge in [0.05, 0.1) is 29.5 Å². The Labute approximate surface area is 215 Å². The number of carbonyl (C=O) groups excluding carboxylic acids is 2. The minimum absolute atomic E-state index is 0.0689. The number of amides is 2. The lowest BCUT2D eigenvalue weighted by Crippen LogP contribution is -2.35. The van der Waals surface area contributed by atoms with Gasteiger partial charge in [0.1, 0.15) is 6.10 Å². The predicted molar refractivity (Wildman–Crippen MR) is 138 cm³/mol. The molecule has 0 unspecified atom stereocenters. The van der Waals surface area contributed by atoms with Crippen molar-refractivity contribution in [2.45, 2.75) is 35.9 Å². The third kappa shape index (κ3) is 4.13. The Hall–Kier alpha value is -3.83. The van der Waals surface area contributed by atoms with E-state index in [1.54, 1.807) is 17.0 Å². The molecule has 3 aliphatic rings. The molecule has 2 amide bonds. The molecule has 3 N–H and O–H groups in total. The van der Waals surface area contributed by atoms with Gasteiger partial charge in [-0.1, -0.05) is 18.2 Å². The van der Waals surface area contributed by atoms with Gasteiger partial charge in [-0.3, -0.25) is 19.1 Å². The van der Waals surface area contributed by atoms with E-state index in [1.165, 1.54) is 22.4 Å². The minimum Gasteiger partial charge on any atom is -0.480 e. The quantitative estimate of drug-likeness (QED) is 0.405. The summed E-state index contributed by atoms with van der Waals surface area (Å²) < 4.78 is 6.93. The first-order valence-electron chi connectivity index (χ1n) is 12.1. The molecule has 10 nitrogen and oxygen atoms in total. The van der Waals surface area contributed by atoms with Gasteiger partial charge in [-0.15, -0.1) is 11.8 Å². The lowest BCUT2D eigenvalue weighted by molar-refractivity contribution is -0.141. The maximum absolute atomic E-state index is 12.5. The van der Waals surface area contributed by atoms with E-state index in [4.69, 9.17) is 4.74 Å². The van der Waals surface area contributed by atoms with Crippen LogP contribution in [0.4, 0.5) is 16.2 Å². The van der Waals surface area contributed by atoms with Crippen molar-refractivity contribution in [1.29, 1.82) is 0 Å². The lowest BCUT2D eigenvalue weighted by Gasteiger charge is -2.20. The fraction of sp³-hybridized carbons (Fsp3) is 0.308. The molecule has 3 atom stereocenters. The van der Waals surface area contributed by atoms with Gasteiger partial charge in [0.15, 0.2) is 6.04 Å². The molecule has 3 aliphatic heterocycles. The Bertz CT molecular complexity index is 1500. The molecule has 0 bridgehead atoms. The van der Waals surface area contributed by atoms with Crippen molar-refractivity contribution in [3.05, 3.63) is 64.4 Å². The number of thioether (sulfide) groups is 1. The number of aromatic nitrogens is 1. The van der Waals surface area contributed by atoms with E-state index in [0.717, 1.165) is 15.8 Å². The molecule has 37 heavy (non-hydrogen) atoms. The lowest BCUT2D eigenvalue weighted by atomic mass is 10.0. The fourth-order valence-corrected chi connectivity index (χ4v) is 6.16. The topological polar surface area (TPSA) is 130 Å². The molecule has 0 aliphatic carbocycles. The number of para-hydroxylation sites is 1. The Morgan fingerprint density at radius 2 is 2.03 bits per heavy atom. The van der Waals surface area contributed by atoms with Gasteiger partial charge in [0.25, 0.3) is 5.56 Å². The maximum atomic E-state index is 12.5. The van der Waals surface area contributed by atoms with Crippen LogP contribution in [0.5, 0.6) is 0 Å². The van der Waals surface area contributed by atoms with Crippen LogP contribution in [0.1, 0.15) is 30.5 Å². The third-order valence-corrected chi connectivity index (χ3v) is 8.09. The van der Waals surface area contributed by atoms with E-state index in [0.29, 0.717) is 48.6 Å². The molecule has 1 aromatic heterocycles. The van der Waals surface area contributed by atoms with Gasteiger partial charge in [-0.25, -0.2) is 9.59 Å². The number of cyclic esters (lactones) is 1. The highest BCUT2D eigenvalue weighted by Crippen LogP contribution is 2.39. The Morgan fingerprint density at radius 1 is 1.16 bits per heavy atom. The number of anilines is 2. The number of hydrogen-bond acceptors (Lipinski definition) is 7. The number of rotatable bonds is 7. The molecule has 6 rings (SSSR count). The van der Waals surface area contributed by atoms with Crippen LogP contribution in [0.3, 0.4) is 0 Å². The smallest absolute Gasteiger partial charge is 0.414 e. The fourth-order valence-electron chi connectivity index (χ4n) is 5.37. The van der Waals surface area contributed by atoms with Gasteiger partial charge >= 0.3 is 12.1 Å². The largest absolute Gasteiger partial charge is 0.480 e. The number of aliphatic carboxylic acids is 1. The number of carboxylic acid groups (broad SMARTS) is 1. The second-order valence-electron chi connectivity index (χ2n) is 9.32. The third-order valence-electron chi connectivity index (χ3n) is 7.01. The summed E-state index contributed by atoms with van der Waals surface area (Å²) in [6.45, 7) is 0.879. The minimum atomic E-state index is -1.07. The van der Waals surface area contributed by atoms with Crippen LogP contribution < -0.4 is 21.1 Å². The Kier molecular flexibility index (Phi) is 5.88. The number of fused-ring (bicyclic) bond motifs is 1. The summed E-state index contributed by atoms with van der Waals surface area (Å²) in [5.74, 6) is -0.760. The normalized spacial score (nSPS) is 22.2. The number of nitrogens with one attached hydrogen (secondary N) is 2. The molecule has 1 saturated heterocycles. The first-order valence-corrected chi connectivity index (χ1v) is 13.0. The highest BCUT2D eigenvalue weighted by molar-refractivity contribution is 8.00. The van der Waals surface area contributed by atoms with E-state index < -0.39 is 24.1 Å². The van der Waals surface area contributed by atoms with Crippen molar-refractivity contribution >= 4 is 52.0 Å². The molecule has 0 spiro atoms. The zero-order valence-electron chi connectivity index (χ0n) is 19.7. The van der Waals surface area contributed by atoms with Crippen LogP contribution in [-0.4, -0.2) is 52.6 Å². The van der Waals surface area contributed by atoms with Crippen molar-refractivity contribution in [2.75, 3.05) is 29.1 Å². The number of nitrogens with zero attached hydrogens (tertiary/aromatic N) is 2. The molecule has 0 radical (unpaired) electrons. The summed E-state index contributed by atoms with van der Waals surface area (Å²) in [6.07, 6.45) is 0.494. The molecule has 190 valence electrons.